The Hall–Kier alpha value is -2.64. The van der Waals surface area contributed by atoms with Crippen molar-refractivity contribution in [1.29, 1.82) is 0 Å². The topological polar surface area (TPSA) is 119 Å². The lowest BCUT2D eigenvalue weighted by Crippen LogP contribution is -2.56. The number of nitro benzene ring substituents is 1. The number of non-ortho nitro benzene ring substituents is 1. The molecule has 1 rings (SSSR count). The van der Waals surface area contributed by atoms with Crippen LogP contribution in [0.25, 0.3) is 0 Å². The van der Waals surface area contributed by atoms with Crippen LogP contribution < -0.4 is 10.1 Å². The Kier molecular flexibility index (Phi) is 4.85. The Bertz CT molecular complexity index is 554. The number of nitrogens with zero attached hydrogens (tertiary/aromatic N) is 1. The summed E-state index contributed by atoms with van der Waals surface area (Å²) in [6.45, 7) is 4.68. The first kappa shape index (κ1) is 16.4. The highest BCUT2D eigenvalue weighted by molar-refractivity contribution is 5.84. The number of rotatable bonds is 5. The van der Waals surface area contributed by atoms with Crippen LogP contribution in [0.2, 0.25) is 0 Å². The van der Waals surface area contributed by atoms with Gasteiger partial charge in [0.2, 0.25) is 0 Å². The van der Waals surface area contributed by atoms with E-state index in [2.05, 4.69) is 5.32 Å². The fraction of sp³-hybridized carbons (Fsp3) is 0.385. The van der Waals surface area contributed by atoms with Gasteiger partial charge in [-0.05, 0) is 25.0 Å². The molecule has 0 saturated heterocycles. The first-order valence-corrected chi connectivity index (χ1v) is 6.14. The van der Waals surface area contributed by atoms with Gasteiger partial charge in [0.05, 0.1) is 4.92 Å². The standard InChI is InChI=1S/C13H16N2O6/c1-8(2)13(3,11(16)17)14-12(18)21-10-6-4-9(5-7-10)15(19)20/h4-8H,1-3H3,(H,14,18)(H,16,17)/t13-/m0/s1. The van der Waals surface area contributed by atoms with Crippen molar-refractivity contribution in [2.75, 3.05) is 0 Å². The minimum Gasteiger partial charge on any atom is -0.480 e. The van der Waals surface area contributed by atoms with E-state index in [-0.39, 0.29) is 17.4 Å². The number of amides is 1. The highest BCUT2D eigenvalue weighted by Gasteiger charge is 2.38. The van der Waals surface area contributed by atoms with E-state index >= 15 is 0 Å². The lowest BCUT2D eigenvalue weighted by atomic mass is 9.89. The summed E-state index contributed by atoms with van der Waals surface area (Å²) in [5.74, 6) is -1.47. The maximum Gasteiger partial charge on any atom is 0.413 e. The van der Waals surface area contributed by atoms with Gasteiger partial charge in [0.15, 0.2) is 0 Å². The van der Waals surface area contributed by atoms with Gasteiger partial charge < -0.3 is 15.2 Å². The largest absolute Gasteiger partial charge is 0.480 e. The number of carboxylic acids is 1. The molecule has 0 radical (unpaired) electrons. The van der Waals surface area contributed by atoms with Crippen molar-refractivity contribution in [3.8, 4) is 5.75 Å². The van der Waals surface area contributed by atoms with Gasteiger partial charge in [0.25, 0.3) is 5.69 Å². The van der Waals surface area contributed by atoms with Crippen molar-refractivity contribution in [2.45, 2.75) is 26.3 Å². The van der Waals surface area contributed by atoms with Crippen LogP contribution in [0.1, 0.15) is 20.8 Å². The molecule has 1 aromatic carbocycles. The van der Waals surface area contributed by atoms with Gasteiger partial charge in [0.1, 0.15) is 11.3 Å². The maximum atomic E-state index is 11.7. The van der Waals surface area contributed by atoms with Gasteiger partial charge in [-0.25, -0.2) is 9.59 Å². The SMILES string of the molecule is CC(C)[C@](C)(NC(=O)Oc1ccc([N+](=O)[O-])cc1)C(=O)O. The molecule has 0 spiro atoms. The highest BCUT2D eigenvalue weighted by Crippen LogP contribution is 2.19. The summed E-state index contributed by atoms with van der Waals surface area (Å²) in [5, 5.41) is 21.9. The number of carbonyl (C=O) groups is 2. The number of carboxylic acid groups (broad SMARTS) is 1. The van der Waals surface area contributed by atoms with Crippen molar-refractivity contribution in [1.82, 2.24) is 5.32 Å². The average Bonchev–Trinajstić information content (AvgIpc) is 2.38. The molecule has 0 saturated carbocycles. The molecule has 1 aromatic rings. The van der Waals surface area contributed by atoms with Gasteiger partial charge in [-0.2, -0.15) is 0 Å². The second kappa shape index (κ2) is 6.21. The van der Waals surface area contributed by atoms with Crippen LogP contribution in [0.5, 0.6) is 5.75 Å². The van der Waals surface area contributed by atoms with Crippen molar-refractivity contribution in [3.05, 3.63) is 34.4 Å². The molecule has 0 aromatic heterocycles. The van der Waals surface area contributed by atoms with E-state index in [9.17, 15) is 24.8 Å². The maximum absolute atomic E-state index is 11.7. The van der Waals surface area contributed by atoms with Crippen molar-refractivity contribution in [2.24, 2.45) is 5.92 Å². The number of ether oxygens (including phenoxy) is 1. The average molecular weight is 296 g/mol. The normalized spacial score (nSPS) is 13.3. The van der Waals surface area contributed by atoms with Crippen molar-refractivity contribution >= 4 is 17.7 Å². The molecule has 0 heterocycles. The number of benzene rings is 1. The molecular weight excluding hydrogens is 280 g/mol. The lowest BCUT2D eigenvalue weighted by molar-refractivity contribution is -0.384. The van der Waals surface area contributed by atoms with Crippen LogP contribution in [0.3, 0.4) is 0 Å². The van der Waals surface area contributed by atoms with Crippen LogP contribution >= 0.6 is 0 Å². The molecule has 21 heavy (non-hydrogen) atoms. The Morgan fingerprint density at radius 1 is 1.33 bits per heavy atom. The molecule has 114 valence electrons. The van der Waals surface area contributed by atoms with E-state index in [1.807, 2.05) is 0 Å². The molecule has 0 aliphatic heterocycles. The Labute approximate surface area is 120 Å². The van der Waals surface area contributed by atoms with Crippen LogP contribution in [0.15, 0.2) is 24.3 Å². The van der Waals surface area contributed by atoms with E-state index in [4.69, 9.17) is 4.74 Å². The zero-order valence-corrected chi connectivity index (χ0v) is 11.8. The summed E-state index contributed by atoms with van der Waals surface area (Å²) in [7, 11) is 0. The Balaban J connectivity index is 2.77. The van der Waals surface area contributed by atoms with Crippen LogP contribution in [-0.2, 0) is 4.79 Å². The van der Waals surface area contributed by atoms with Gasteiger partial charge in [-0.3, -0.25) is 10.1 Å². The summed E-state index contributed by atoms with van der Waals surface area (Å²) in [5.41, 5.74) is -1.61. The zero-order chi connectivity index (χ0) is 16.2. The number of nitrogens with one attached hydrogen (secondary N) is 1. The quantitative estimate of drug-likeness (QED) is 0.635. The number of hydrogen-bond acceptors (Lipinski definition) is 5. The van der Waals surface area contributed by atoms with E-state index in [0.29, 0.717) is 0 Å². The molecule has 1 amide bonds. The highest BCUT2D eigenvalue weighted by atomic mass is 16.6. The molecule has 0 fully saturated rings. The third-order valence-electron chi connectivity index (χ3n) is 3.22. The van der Waals surface area contributed by atoms with Crippen LogP contribution in [-0.4, -0.2) is 27.6 Å². The van der Waals surface area contributed by atoms with E-state index in [0.717, 1.165) is 0 Å². The molecule has 1 atom stereocenters. The van der Waals surface area contributed by atoms with Gasteiger partial charge in [-0.15, -0.1) is 0 Å². The second-order valence-corrected chi connectivity index (χ2v) is 4.93. The fourth-order valence-electron chi connectivity index (χ4n) is 1.43. The Morgan fingerprint density at radius 3 is 2.24 bits per heavy atom. The van der Waals surface area contributed by atoms with Crippen molar-refractivity contribution in [3.63, 3.8) is 0 Å². The lowest BCUT2D eigenvalue weighted by Gasteiger charge is -2.29. The Morgan fingerprint density at radius 2 is 1.86 bits per heavy atom. The van der Waals surface area contributed by atoms with Gasteiger partial charge in [0, 0.05) is 12.1 Å². The summed E-state index contributed by atoms with van der Waals surface area (Å²) < 4.78 is 4.91. The molecule has 8 nitrogen and oxygen atoms in total. The minimum atomic E-state index is -1.47. The van der Waals surface area contributed by atoms with Crippen LogP contribution in [0, 0.1) is 16.0 Å². The van der Waals surface area contributed by atoms with E-state index < -0.39 is 22.5 Å². The molecule has 0 aliphatic carbocycles. The molecule has 0 bridgehead atoms. The first-order valence-electron chi connectivity index (χ1n) is 6.14. The summed E-state index contributed by atoms with van der Waals surface area (Å²) >= 11 is 0. The zero-order valence-electron chi connectivity index (χ0n) is 11.8. The van der Waals surface area contributed by atoms with Gasteiger partial charge in [-0.1, -0.05) is 13.8 Å². The number of carbonyl (C=O) groups excluding carboxylic acids is 1. The molecule has 0 aliphatic rings. The minimum absolute atomic E-state index is 0.0783. The molecule has 2 N–H and O–H groups in total. The van der Waals surface area contributed by atoms with Crippen molar-refractivity contribution < 1.29 is 24.4 Å². The number of nitro groups is 1. The molecule has 0 unspecified atom stereocenters. The molecular formula is C13H16N2O6. The first-order chi connectivity index (χ1) is 9.66. The van der Waals surface area contributed by atoms with E-state index in [1.54, 1.807) is 13.8 Å². The van der Waals surface area contributed by atoms with Crippen LogP contribution in [0.4, 0.5) is 10.5 Å². The predicted octanol–water partition coefficient (Wildman–Crippen LogP) is 2.18. The summed E-state index contributed by atoms with van der Waals surface area (Å²) in [6.07, 6.45) is -0.942. The monoisotopic (exact) mass is 296 g/mol. The predicted molar refractivity (Wildman–Crippen MR) is 73.1 cm³/mol. The fourth-order valence-corrected chi connectivity index (χ4v) is 1.43. The van der Waals surface area contributed by atoms with Gasteiger partial charge >= 0.3 is 12.1 Å². The number of hydrogen-bond donors (Lipinski definition) is 2. The summed E-state index contributed by atoms with van der Waals surface area (Å²) in [6, 6.07) is 4.87. The smallest absolute Gasteiger partial charge is 0.413 e. The third kappa shape index (κ3) is 3.91. The number of aliphatic carboxylic acids is 1. The summed E-state index contributed by atoms with van der Waals surface area (Å²) in [4.78, 5) is 32.9. The van der Waals surface area contributed by atoms with E-state index in [1.165, 1.54) is 31.2 Å². The second-order valence-electron chi connectivity index (χ2n) is 4.93. The third-order valence-corrected chi connectivity index (χ3v) is 3.22. The molecule has 8 heteroatoms.